The molecule has 1 fully saturated rings. The Hall–Kier alpha value is -1.04. The highest BCUT2D eigenvalue weighted by Gasteiger charge is 2.24. The van der Waals surface area contributed by atoms with Gasteiger partial charge in [-0.2, -0.15) is 0 Å². The Labute approximate surface area is 124 Å². The van der Waals surface area contributed by atoms with Crippen LogP contribution in [0, 0.1) is 5.82 Å². The summed E-state index contributed by atoms with van der Waals surface area (Å²) in [6, 6.07) is 5.24. The van der Waals surface area contributed by atoms with Gasteiger partial charge >= 0.3 is 0 Å². The highest BCUT2D eigenvalue weighted by Crippen LogP contribution is 2.24. The first-order valence-corrected chi connectivity index (χ1v) is 7.45. The van der Waals surface area contributed by atoms with Crippen LogP contribution in [0.5, 0.6) is 0 Å². The van der Waals surface area contributed by atoms with Gasteiger partial charge < -0.3 is 10.8 Å². The Morgan fingerprint density at radius 1 is 1.50 bits per heavy atom. The Bertz CT molecular complexity index is 481. The number of benzene rings is 1. The minimum absolute atomic E-state index is 0.210. The molecule has 0 amide bonds. The van der Waals surface area contributed by atoms with Crippen LogP contribution in [0.15, 0.2) is 18.2 Å². The second-order valence-electron chi connectivity index (χ2n) is 5.30. The van der Waals surface area contributed by atoms with Gasteiger partial charge in [0.25, 0.3) is 0 Å². The molecule has 2 rings (SSSR count). The van der Waals surface area contributed by atoms with E-state index < -0.39 is 0 Å². The van der Waals surface area contributed by atoms with Crippen LogP contribution in [-0.2, 0) is 6.54 Å². The van der Waals surface area contributed by atoms with Crippen LogP contribution in [0.1, 0.15) is 36.8 Å². The minimum Gasteiger partial charge on any atom is -0.396 e. The number of likely N-dealkylation sites (tertiary alicyclic amines) is 1. The maximum absolute atomic E-state index is 13.9. The van der Waals surface area contributed by atoms with Crippen LogP contribution in [-0.4, -0.2) is 34.2 Å². The van der Waals surface area contributed by atoms with Gasteiger partial charge in [0.15, 0.2) is 0 Å². The van der Waals surface area contributed by atoms with Crippen molar-refractivity contribution < 1.29 is 9.50 Å². The highest BCUT2D eigenvalue weighted by molar-refractivity contribution is 7.80. The van der Waals surface area contributed by atoms with Crippen molar-refractivity contribution in [2.75, 3.05) is 13.2 Å². The molecule has 0 aromatic heterocycles. The zero-order valence-corrected chi connectivity index (χ0v) is 12.3. The van der Waals surface area contributed by atoms with Crippen LogP contribution >= 0.6 is 12.2 Å². The molecule has 0 aliphatic carbocycles. The summed E-state index contributed by atoms with van der Waals surface area (Å²) in [5.41, 5.74) is 6.96. The van der Waals surface area contributed by atoms with E-state index in [-0.39, 0.29) is 12.4 Å². The summed E-state index contributed by atoms with van der Waals surface area (Å²) in [6.45, 7) is 1.78. The largest absolute Gasteiger partial charge is 0.396 e. The first kappa shape index (κ1) is 15.4. The van der Waals surface area contributed by atoms with Crippen molar-refractivity contribution in [2.24, 2.45) is 5.73 Å². The smallest absolute Gasteiger partial charge is 0.127 e. The third-order valence-corrected chi connectivity index (χ3v) is 4.13. The van der Waals surface area contributed by atoms with Gasteiger partial charge in [-0.05, 0) is 50.4 Å². The zero-order valence-electron chi connectivity index (χ0n) is 11.5. The van der Waals surface area contributed by atoms with Crippen LogP contribution in [0.3, 0.4) is 0 Å². The van der Waals surface area contributed by atoms with E-state index in [9.17, 15) is 4.39 Å². The zero-order chi connectivity index (χ0) is 14.5. The van der Waals surface area contributed by atoms with Crippen LogP contribution in [0.4, 0.5) is 4.39 Å². The van der Waals surface area contributed by atoms with E-state index in [4.69, 9.17) is 23.1 Å². The second-order valence-corrected chi connectivity index (χ2v) is 5.74. The molecule has 0 radical (unpaired) electrons. The monoisotopic (exact) mass is 296 g/mol. The van der Waals surface area contributed by atoms with Crippen molar-refractivity contribution in [3.05, 3.63) is 35.1 Å². The lowest BCUT2D eigenvalue weighted by Gasteiger charge is -2.24. The lowest BCUT2D eigenvalue weighted by atomic mass is 10.1. The molecule has 1 aromatic carbocycles. The van der Waals surface area contributed by atoms with E-state index in [1.807, 2.05) is 0 Å². The van der Waals surface area contributed by atoms with Gasteiger partial charge in [-0.3, -0.25) is 4.90 Å². The third kappa shape index (κ3) is 3.75. The summed E-state index contributed by atoms with van der Waals surface area (Å²) >= 11 is 4.94. The molecule has 1 aromatic rings. The van der Waals surface area contributed by atoms with Gasteiger partial charge in [-0.25, -0.2) is 4.39 Å². The molecule has 1 saturated heterocycles. The quantitative estimate of drug-likeness (QED) is 0.790. The average Bonchev–Trinajstić information content (AvgIpc) is 2.86. The van der Waals surface area contributed by atoms with Crippen LogP contribution < -0.4 is 5.73 Å². The molecule has 20 heavy (non-hydrogen) atoms. The van der Waals surface area contributed by atoms with E-state index >= 15 is 0 Å². The fourth-order valence-electron chi connectivity index (χ4n) is 2.83. The Morgan fingerprint density at radius 3 is 3.00 bits per heavy atom. The topological polar surface area (TPSA) is 49.5 Å². The van der Waals surface area contributed by atoms with Crippen molar-refractivity contribution in [3.8, 4) is 0 Å². The Morgan fingerprint density at radius 2 is 2.30 bits per heavy atom. The first-order valence-electron chi connectivity index (χ1n) is 7.05. The molecular formula is C15H21FN2OS. The number of nitrogens with two attached hydrogens (primary N) is 1. The van der Waals surface area contributed by atoms with Crippen LogP contribution in [0.2, 0.25) is 0 Å². The summed E-state index contributed by atoms with van der Waals surface area (Å²) in [6.07, 6.45) is 4.02. The lowest BCUT2D eigenvalue weighted by Crippen LogP contribution is -2.29. The number of rotatable bonds is 6. The van der Waals surface area contributed by atoms with Crippen molar-refractivity contribution in [3.63, 3.8) is 0 Å². The summed E-state index contributed by atoms with van der Waals surface area (Å²) in [7, 11) is 0. The molecule has 0 saturated carbocycles. The highest BCUT2D eigenvalue weighted by atomic mass is 32.1. The summed E-state index contributed by atoms with van der Waals surface area (Å²) in [5.74, 6) is -0.210. The normalized spacial score (nSPS) is 19.4. The summed E-state index contributed by atoms with van der Waals surface area (Å²) in [4.78, 5) is 2.58. The lowest BCUT2D eigenvalue weighted by molar-refractivity contribution is 0.208. The Kier molecular flexibility index (Phi) is 5.46. The fraction of sp³-hybridized carbons (Fsp3) is 0.533. The molecule has 1 unspecified atom stereocenters. The summed E-state index contributed by atoms with van der Waals surface area (Å²) < 4.78 is 13.9. The van der Waals surface area contributed by atoms with E-state index in [1.54, 1.807) is 12.1 Å². The second kappa shape index (κ2) is 7.11. The van der Waals surface area contributed by atoms with Gasteiger partial charge in [0.1, 0.15) is 10.8 Å². The maximum atomic E-state index is 13.9. The number of halogens is 1. The van der Waals surface area contributed by atoms with E-state index in [0.29, 0.717) is 28.7 Å². The number of aliphatic hydroxyl groups excluding tert-OH is 1. The fourth-order valence-corrected chi connectivity index (χ4v) is 2.95. The molecule has 0 bridgehead atoms. The minimum atomic E-state index is -0.210. The predicted molar refractivity (Wildman–Crippen MR) is 82.0 cm³/mol. The molecule has 1 atom stereocenters. The van der Waals surface area contributed by atoms with Crippen LogP contribution in [0.25, 0.3) is 0 Å². The number of hydrogen-bond acceptors (Lipinski definition) is 3. The first-order chi connectivity index (χ1) is 9.61. The van der Waals surface area contributed by atoms with Crippen molar-refractivity contribution in [2.45, 2.75) is 38.3 Å². The molecule has 3 N–H and O–H groups in total. The third-order valence-electron chi connectivity index (χ3n) is 3.90. The van der Waals surface area contributed by atoms with Gasteiger partial charge in [0.2, 0.25) is 0 Å². The molecule has 5 heteroatoms. The number of aliphatic hydroxyl groups is 1. The predicted octanol–water partition coefficient (Wildman–Crippen LogP) is 2.20. The summed E-state index contributed by atoms with van der Waals surface area (Å²) in [5, 5.41) is 8.94. The molecule has 1 aliphatic heterocycles. The van der Waals surface area contributed by atoms with Gasteiger partial charge in [0.05, 0.1) is 0 Å². The van der Waals surface area contributed by atoms with Crippen molar-refractivity contribution >= 4 is 17.2 Å². The number of hydrogen-bond donors (Lipinski definition) is 2. The average molecular weight is 296 g/mol. The van der Waals surface area contributed by atoms with Crippen molar-refractivity contribution in [1.29, 1.82) is 0 Å². The van der Waals surface area contributed by atoms with Gasteiger partial charge in [-0.15, -0.1) is 0 Å². The van der Waals surface area contributed by atoms with E-state index in [1.165, 1.54) is 6.07 Å². The number of thiocarbonyl (C=S) groups is 1. The molecule has 1 aliphatic rings. The van der Waals surface area contributed by atoms with E-state index in [2.05, 4.69) is 4.90 Å². The van der Waals surface area contributed by atoms with Gasteiger partial charge in [0, 0.05) is 30.3 Å². The molecule has 1 heterocycles. The van der Waals surface area contributed by atoms with E-state index in [0.717, 1.165) is 32.2 Å². The SMILES string of the molecule is NC(=S)c1ccc(F)c(CN2CCCC2CCCO)c1. The molecule has 110 valence electrons. The molecule has 3 nitrogen and oxygen atoms in total. The van der Waals surface area contributed by atoms with Gasteiger partial charge in [-0.1, -0.05) is 12.2 Å². The maximum Gasteiger partial charge on any atom is 0.127 e. The Balaban J connectivity index is 2.08. The molecular weight excluding hydrogens is 275 g/mol. The number of nitrogens with zero attached hydrogens (tertiary/aromatic N) is 1. The molecule has 0 spiro atoms. The van der Waals surface area contributed by atoms with Crippen molar-refractivity contribution in [1.82, 2.24) is 4.90 Å². The standard InChI is InChI=1S/C15H21FN2OS/c16-14-6-5-11(15(17)20)9-12(14)10-18-7-1-3-13(18)4-2-8-19/h5-6,9,13,19H,1-4,7-8,10H2,(H2,17,20).